The van der Waals surface area contributed by atoms with E-state index in [4.69, 9.17) is 14.2 Å². The minimum atomic E-state index is -0.221. The Morgan fingerprint density at radius 1 is 1.03 bits per heavy atom. The summed E-state index contributed by atoms with van der Waals surface area (Å²) < 4.78 is 16.3. The van der Waals surface area contributed by atoms with Gasteiger partial charge in [-0.1, -0.05) is 30.3 Å². The van der Waals surface area contributed by atoms with Gasteiger partial charge >= 0.3 is 0 Å². The summed E-state index contributed by atoms with van der Waals surface area (Å²) in [4.78, 5) is 27.2. The third kappa shape index (κ3) is 5.26. The number of benzene rings is 3. The van der Waals surface area contributed by atoms with Crippen molar-refractivity contribution in [2.75, 3.05) is 20.8 Å². The van der Waals surface area contributed by atoms with E-state index >= 15 is 0 Å². The molecule has 7 nitrogen and oxygen atoms in total. The fourth-order valence-electron chi connectivity index (χ4n) is 3.73. The van der Waals surface area contributed by atoms with Crippen molar-refractivity contribution >= 4 is 11.8 Å². The number of carbonyl (C=O) groups excluding carboxylic acids is 2. The lowest BCUT2D eigenvalue weighted by atomic mass is 10.1. The number of hydrogen-bond acceptors (Lipinski definition) is 5. The number of nitrogens with one attached hydrogen (secondary N) is 1. The number of carbonyl (C=O) groups is 2. The maximum atomic E-state index is 12.9. The van der Waals surface area contributed by atoms with Crippen molar-refractivity contribution in [1.29, 1.82) is 0 Å². The van der Waals surface area contributed by atoms with E-state index in [0.29, 0.717) is 42.4 Å². The second-order valence-corrected chi connectivity index (χ2v) is 7.71. The minimum absolute atomic E-state index is 0.0252. The molecule has 0 aliphatic carbocycles. The van der Waals surface area contributed by atoms with E-state index in [0.717, 1.165) is 16.7 Å². The average molecular weight is 447 g/mol. The quantitative estimate of drug-likeness (QED) is 0.601. The van der Waals surface area contributed by atoms with Gasteiger partial charge in [0, 0.05) is 42.4 Å². The largest absolute Gasteiger partial charge is 0.497 e. The molecule has 1 aliphatic heterocycles. The van der Waals surface area contributed by atoms with Gasteiger partial charge in [0.25, 0.3) is 11.8 Å². The van der Waals surface area contributed by atoms with Gasteiger partial charge in [0.1, 0.15) is 17.2 Å². The number of fused-ring (bicyclic) bond motifs is 1. The molecule has 0 atom stereocenters. The van der Waals surface area contributed by atoms with Crippen LogP contribution in [-0.4, -0.2) is 37.5 Å². The highest BCUT2D eigenvalue weighted by Gasteiger charge is 2.23. The van der Waals surface area contributed by atoms with E-state index in [1.165, 1.54) is 0 Å². The van der Waals surface area contributed by atoms with E-state index in [1.807, 2.05) is 42.5 Å². The summed E-state index contributed by atoms with van der Waals surface area (Å²) in [6, 6.07) is 20.5. The molecule has 0 unspecified atom stereocenters. The van der Waals surface area contributed by atoms with Crippen LogP contribution < -0.4 is 19.5 Å². The van der Waals surface area contributed by atoms with Gasteiger partial charge in [-0.2, -0.15) is 0 Å². The summed E-state index contributed by atoms with van der Waals surface area (Å²) in [6.07, 6.45) is 0. The average Bonchev–Trinajstić information content (AvgIpc) is 3.01. The fourth-order valence-corrected chi connectivity index (χ4v) is 3.73. The van der Waals surface area contributed by atoms with Gasteiger partial charge < -0.3 is 24.4 Å². The first-order chi connectivity index (χ1) is 16.1. The van der Waals surface area contributed by atoms with E-state index in [2.05, 4.69) is 5.32 Å². The first-order valence-corrected chi connectivity index (χ1v) is 10.6. The third-order valence-corrected chi connectivity index (χ3v) is 5.54. The summed E-state index contributed by atoms with van der Waals surface area (Å²) in [5.41, 5.74) is 3.17. The predicted octanol–water partition coefficient (Wildman–Crippen LogP) is 3.56. The molecule has 1 aliphatic rings. The van der Waals surface area contributed by atoms with Crippen molar-refractivity contribution < 1.29 is 23.8 Å². The molecule has 0 bridgehead atoms. The molecule has 33 heavy (non-hydrogen) atoms. The van der Waals surface area contributed by atoms with Gasteiger partial charge in [0.05, 0.1) is 14.2 Å². The van der Waals surface area contributed by atoms with Crippen LogP contribution in [0.15, 0.2) is 66.7 Å². The lowest BCUT2D eigenvalue weighted by Gasteiger charge is -2.20. The zero-order valence-electron chi connectivity index (χ0n) is 18.7. The molecule has 0 aromatic heterocycles. The highest BCUT2D eigenvalue weighted by molar-refractivity contribution is 5.94. The Balaban J connectivity index is 1.48. The monoisotopic (exact) mass is 446 g/mol. The zero-order valence-corrected chi connectivity index (χ0v) is 18.7. The highest BCUT2D eigenvalue weighted by atomic mass is 16.5. The molecule has 0 spiro atoms. The summed E-state index contributed by atoms with van der Waals surface area (Å²) in [6.45, 7) is 1.13. The molecule has 2 amide bonds. The molecular formula is C26H26N2O5. The maximum Gasteiger partial charge on any atom is 0.261 e. The van der Waals surface area contributed by atoms with Gasteiger partial charge in [-0.25, -0.2) is 0 Å². The standard InChI is InChI=1S/C26H26N2O5/c1-31-22-10-8-20(24(13-22)32-2)14-27-26(30)19-9-11-23-21(12-19)16-28(25(29)17-33-23)15-18-6-4-3-5-7-18/h3-13H,14-17H2,1-2H3,(H,27,30). The van der Waals surface area contributed by atoms with Crippen molar-refractivity contribution in [2.45, 2.75) is 19.6 Å². The molecule has 4 rings (SSSR count). The Bertz CT molecular complexity index is 1150. The number of hydrogen-bond donors (Lipinski definition) is 1. The normalized spacial score (nSPS) is 12.9. The summed E-state index contributed by atoms with van der Waals surface area (Å²) in [5, 5.41) is 2.93. The maximum absolute atomic E-state index is 12.9. The van der Waals surface area contributed by atoms with Gasteiger partial charge in [-0.05, 0) is 35.9 Å². The molecule has 0 saturated carbocycles. The van der Waals surface area contributed by atoms with Crippen molar-refractivity contribution in [3.05, 3.63) is 89.0 Å². The lowest BCUT2D eigenvalue weighted by molar-refractivity contribution is -0.133. The fraction of sp³-hybridized carbons (Fsp3) is 0.231. The predicted molar refractivity (Wildman–Crippen MR) is 123 cm³/mol. The second kappa shape index (κ2) is 10.1. The Morgan fingerprint density at radius 2 is 1.85 bits per heavy atom. The zero-order chi connectivity index (χ0) is 23.2. The van der Waals surface area contributed by atoms with E-state index in [1.54, 1.807) is 43.4 Å². The number of amides is 2. The summed E-state index contributed by atoms with van der Waals surface area (Å²) >= 11 is 0. The topological polar surface area (TPSA) is 77.1 Å². The van der Waals surface area contributed by atoms with Crippen molar-refractivity contribution in [3.63, 3.8) is 0 Å². The van der Waals surface area contributed by atoms with Crippen LogP contribution in [0.25, 0.3) is 0 Å². The van der Waals surface area contributed by atoms with Crippen molar-refractivity contribution in [1.82, 2.24) is 10.2 Å². The minimum Gasteiger partial charge on any atom is -0.497 e. The van der Waals surface area contributed by atoms with Crippen LogP contribution in [0.2, 0.25) is 0 Å². The number of rotatable bonds is 7. The molecule has 0 saturated heterocycles. The Labute approximate surface area is 192 Å². The Morgan fingerprint density at radius 3 is 2.61 bits per heavy atom. The Hall–Kier alpha value is -4.00. The molecule has 0 fully saturated rings. The van der Waals surface area contributed by atoms with Gasteiger partial charge in [0.2, 0.25) is 0 Å². The number of ether oxygens (including phenoxy) is 3. The second-order valence-electron chi connectivity index (χ2n) is 7.71. The van der Waals surface area contributed by atoms with Crippen LogP contribution in [0.4, 0.5) is 0 Å². The molecule has 3 aromatic carbocycles. The molecular weight excluding hydrogens is 420 g/mol. The SMILES string of the molecule is COc1ccc(CNC(=O)c2ccc3c(c2)CN(Cc2ccccc2)C(=O)CO3)c(OC)c1. The Kier molecular flexibility index (Phi) is 6.78. The van der Waals surface area contributed by atoms with Gasteiger partial charge in [-0.3, -0.25) is 9.59 Å². The lowest BCUT2D eigenvalue weighted by Crippen LogP contribution is -2.31. The molecule has 1 heterocycles. The molecule has 7 heteroatoms. The molecule has 170 valence electrons. The van der Waals surface area contributed by atoms with Crippen LogP contribution >= 0.6 is 0 Å². The third-order valence-electron chi connectivity index (χ3n) is 5.54. The first-order valence-electron chi connectivity index (χ1n) is 10.6. The van der Waals surface area contributed by atoms with Crippen LogP contribution in [0, 0.1) is 0 Å². The van der Waals surface area contributed by atoms with Crippen LogP contribution in [0.3, 0.4) is 0 Å². The van der Waals surface area contributed by atoms with Crippen LogP contribution in [0.5, 0.6) is 17.2 Å². The van der Waals surface area contributed by atoms with Gasteiger partial charge in [0.15, 0.2) is 6.61 Å². The highest BCUT2D eigenvalue weighted by Crippen LogP contribution is 2.27. The van der Waals surface area contributed by atoms with Crippen LogP contribution in [-0.2, 0) is 24.4 Å². The van der Waals surface area contributed by atoms with E-state index in [9.17, 15) is 9.59 Å². The first kappa shape index (κ1) is 22.2. The van der Waals surface area contributed by atoms with Crippen molar-refractivity contribution in [2.24, 2.45) is 0 Å². The molecule has 0 radical (unpaired) electrons. The van der Waals surface area contributed by atoms with Crippen LogP contribution in [0.1, 0.15) is 27.0 Å². The summed E-state index contributed by atoms with van der Waals surface area (Å²) in [5.74, 6) is 1.63. The van der Waals surface area contributed by atoms with E-state index < -0.39 is 0 Å². The smallest absolute Gasteiger partial charge is 0.261 e. The number of methoxy groups -OCH3 is 2. The molecule has 1 N–H and O–H groups in total. The summed E-state index contributed by atoms with van der Waals surface area (Å²) in [7, 11) is 3.17. The van der Waals surface area contributed by atoms with Crippen molar-refractivity contribution in [3.8, 4) is 17.2 Å². The number of nitrogens with zero attached hydrogens (tertiary/aromatic N) is 1. The van der Waals surface area contributed by atoms with E-state index in [-0.39, 0.29) is 18.4 Å². The molecule has 3 aromatic rings. The van der Waals surface area contributed by atoms with Gasteiger partial charge in [-0.15, -0.1) is 0 Å².